The number of rotatable bonds is 44. The number of allylic oxidation sites excluding steroid dienone is 21. The third kappa shape index (κ3) is 34.6. The summed E-state index contributed by atoms with van der Waals surface area (Å²) in [6, 6.07) is 0. The standard InChI is InChI=1S/C73H122O22P2/c1-48(2)23-13-24-49(3)25-14-26-50(4)27-15-28-51(5)29-16-30-52(6)31-17-32-53(7)33-18-34-54(8)35-19-36-55(9)37-20-38-56(10)39-21-40-57(11)41-22-42-58(12)43-44-88-96(84,85)95-97(86,87)94-72-68(83)69(64(79)61(47-76)90-72)92-73-70(66(81)63(78)60(46-75)91-73)93-71-67(82)65(80)62(77)59(45-74)89-71/h23,25,27,29,31,33,35,37,39,41,43,59-83H,13-22,24,26,28,30,32,34,36,38,40,42,44-47H2,1-12H3,(H,84,85)(H,86,87)/p-2/b49-25+,50-27+,51-29-,52-31-,53-33-,54-35-,55-37-,56-39-,57-41-,58-43-/t59-,60-,61-,62-,63-,64+,65+,66+,67+,68-,69+,70+,71-,72-,73-/m1/s1. The summed E-state index contributed by atoms with van der Waals surface area (Å²) in [5.74, 6) is 0. The zero-order chi connectivity index (χ0) is 72.4. The molecule has 0 amide bonds. The van der Waals surface area contributed by atoms with E-state index in [2.05, 4.69) is 134 Å². The van der Waals surface area contributed by atoms with Crippen molar-refractivity contribution in [1.29, 1.82) is 0 Å². The first-order valence-corrected chi connectivity index (χ1v) is 37.4. The Balaban J connectivity index is 1.34. The number of phosphoric ester groups is 2. The van der Waals surface area contributed by atoms with Crippen LogP contribution >= 0.6 is 15.6 Å². The average Bonchev–Trinajstić information content (AvgIpc) is 0.781. The highest BCUT2D eigenvalue weighted by Gasteiger charge is 2.54. The normalized spacial score (nSPS) is 29.4. The fourth-order valence-corrected chi connectivity index (χ4v) is 13.2. The lowest BCUT2D eigenvalue weighted by atomic mass is 9.96. The second-order valence-electron chi connectivity index (χ2n) is 26.9. The number of ether oxygens (including phenoxy) is 5. The van der Waals surface area contributed by atoms with Crippen LogP contribution in [0.15, 0.2) is 128 Å². The molecule has 0 aromatic rings. The van der Waals surface area contributed by atoms with Gasteiger partial charge in [0, 0.05) is 0 Å². The van der Waals surface area contributed by atoms with Gasteiger partial charge in [0.25, 0.3) is 15.6 Å². The summed E-state index contributed by atoms with van der Waals surface area (Å²) < 4.78 is 66.7. The predicted octanol–water partition coefficient (Wildman–Crippen LogP) is 10.7. The van der Waals surface area contributed by atoms with Crippen molar-refractivity contribution < 1.29 is 107 Å². The molecular weight excluding hydrogens is 1290 g/mol. The minimum absolute atomic E-state index is 0.541. The van der Waals surface area contributed by atoms with E-state index in [-0.39, 0.29) is 0 Å². The van der Waals surface area contributed by atoms with Crippen LogP contribution in [0.2, 0.25) is 0 Å². The van der Waals surface area contributed by atoms with Crippen LogP contribution in [0, 0.1) is 0 Å². The minimum Gasteiger partial charge on any atom is -0.756 e. The second-order valence-corrected chi connectivity index (χ2v) is 29.8. The van der Waals surface area contributed by atoms with Crippen LogP contribution in [0.5, 0.6) is 0 Å². The fourth-order valence-electron chi connectivity index (χ4n) is 11.2. The van der Waals surface area contributed by atoms with Crippen molar-refractivity contribution in [2.45, 2.75) is 304 Å². The van der Waals surface area contributed by atoms with E-state index in [1.54, 1.807) is 6.92 Å². The molecule has 3 aliphatic heterocycles. The monoisotopic (exact) mass is 1410 g/mol. The van der Waals surface area contributed by atoms with E-state index in [0.717, 1.165) is 121 Å². The molecular formula is C73H120O22P2-2. The van der Waals surface area contributed by atoms with Gasteiger partial charge in [0.1, 0.15) is 73.2 Å². The molecule has 0 saturated carbocycles. The molecule has 10 N–H and O–H groups in total. The molecule has 0 aliphatic carbocycles. The van der Waals surface area contributed by atoms with Crippen molar-refractivity contribution in [3.63, 3.8) is 0 Å². The van der Waals surface area contributed by atoms with E-state index in [9.17, 15) is 70.0 Å². The molecule has 17 atom stereocenters. The molecule has 0 bridgehead atoms. The lowest BCUT2D eigenvalue weighted by molar-refractivity contribution is -0.387. The fraction of sp³-hybridized carbons (Fsp3) is 0.699. The quantitative estimate of drug-likeness (QED) is 0.0200. The number of hydrogen-bond acceptors (Lipinski definition) is 22. The van der Waals surface area contributed by atoms with Crippen LogP contribution in [0.4, 0.5) is 0 Å². The van der Waals surface area contributed by atoms with Crippen molar-refractivity contribution in [1.82, 2.24) is 0 Å². The van der Waals surface area contributed by atoms with Gasteiger partial charge in [0.05, 0.1) is 26.4 Å². The summed E-state index contributed by atoms with van der Waals surface area (Å²) in [4.78, 5) is 25.7. The van der Waals surface area contributed by atoms with Crippen LogP contribution in [0.25, 0.3) is 0 Å². The Bertz CT molecular complexity index is 2790. The lowest BCUT2D eigenvalue weighted by Gasteiger charge is -2.48. The summed E-state index contributed by atoms with van der Waals surface area (Å²) >= 11 is 0. The van der Waals surface area contributed by atoms with Crippen LogP contribution < -0.4 is 9.79 Å². The van der Waals surface area contributed by atoms with Gasteiger partial charge in [-0.2, -0.15) is 0 Å². The summed E-state index contributed by atoms with van der Waals surface area (Å²) in [6.07, 6.45) is 15.5. The Morgan fingerprint density at radius 3 is 0.969 bits per heavy atom. The molecule has 3 saturated heterocycles. The van der Waals surface area contributed by atoms with Crippen LogP contribution in [-0.2, 0) is 46.2 Å². The van der Waals surface area contributed by atoms with Crippen molar-refractivity contribution in [2.24, 2.45) is 0 Å². The average molecular weight is 1410 g/mol. The van der Waals surface area contributed by atoms with E-state index >= 15 is 0 Å². The number of phosphoric acid groups is 2. The summed E-state index contributed by atoms with van der Waals surface area (Å²) in [5, 5.41) is 104. The van der Waals surface area contributed by atoms with Crippen molar-refractivity contribution >= 4 is 15.6 Å². The first-order chi connectivity index (χ1) is 45.8. The van der Waals surface area contributed by atoms with Crippen molar-refractivity contribution in [3.05, 3.63) is 128 Å². The van der Waals surface area contributed by atoms with E-state index < -0.39 is 134 Å². The van der Waals surface area contributed by atoms with Gasteiger partial charge in [-0.05, 0) is 212 Å². The van der Waals surface area contributed by atoms with E-state index in [1.165, 1.54) is 61.8 Å². The number of aliphatic hydroxyl groups excluding tert-OH is 10. The Morgan fingerprint density at radius 1 is 0.340 bits per heavy atom. The Morgan fingerprint density at radius 2 is 0.629 bits per heavy atom. The topological polar surface area (TPSA) is 356 Å². The highest BCUT2D eigenvalue weighted by molar-refractivity contribution is 7.59. The maximum Gasteiger partial charge on any atom is 0.276 e. The zero-order valence-electron chi connectivity index (χ0n) is 59.7. The number of hydrogen-bond donors (Lipinski definition) is 10. The zero-order valence-corrected chi connectivity index (χ0v) is 61.5. The van der Waals surface area contributed by atoms with Gasteiger partial charge in [-0.15, -0.1) is 0 Å². The molecule has 0 spiro atoms. The molecule has 0 aromatic heterocycles. The molecule has 3 rings (SSSR count). The third-order valence-electron chi connectivity index (χ3n) is 17.5. The van der Waals surface area contributed by atoms with E-state index in [0.29, 0.717) is 12.8 Å². The van der Waals surface area contributed by atoms with Crippen molar-refractivity contribution in [3.8, 4) is 0 Å². The lowest BCUT2D eigenvalue weighted by Crippen LogP contribution is -2.67. The van der Waals surface area contributed by atoms with Gasteiger partial charge in [-0.25, -0.2) is 4.31 Å². The highest BCUT2D eigenvalue weighted by Crippen LogP contribution is 2.57. The van der Waals surface area contributed by atoms with Crippen molar-refractivity contribution in [2.75, 3.05) is 26.4 Å². The van der Waals surface area contributed by atoms with Crippen LogP contribution in [0.1, 0.15) is 212 Å². The molecule has 0 aromatic carbocycles. The van der Waals surface area contributed by atoms with Gasteiger partial charge < -0.3 is 89.1 Å². The molecule has 3 aliphatic rings. The smallest absolute Gasteiger partial charge is 0.276 e. The third-order valence-corrected chi connectivity index (χ3v) is 20.1. The van der Waals surface area contributed by atoms with E-state index in [1.807, 2.05) is 6.92 Å². The van der Waals surface area contributed by atoms with Crippen LogP contribution in [0.3, 0.4) is 0 Å². The Labute approximate surface area is 578 Å². The second kappa shape index (κ2) is 46.4. The SMILES string of the molecule is CC(C)=CCC/C(C)=C/CC/C(C)=C/CC/C(C)=C\CC/C(C)=C\CC/C(C)=C\CC/C(C)=C\CC/C(C)=C\CC/C(C)=C\CC/C(C)=C\CC/C(C)=C\COP(=O)([O-])OP(=O)([O-])O[C@H]1O[C@H](CO)[C@H](O)[C@H](O[C@H]2O[C@H](CO)[C@@H](O)[C@H](O)[C@@H]2O[C@H]2O[C@H](CO)[C@@H](O)[C@H](O)[C@@H]2O)[C@H]1O. The largest absolute Gasteiger partial charge is 0.756 e. The first-order valence-electron chi connectivity index (χ1n) is 34.5. The highest BCUT2D eigenvalue weighted by atomic mass is 31.3. The molecule has 97 heavy (non-hydrogen) atoms. The molecule has 556 valence electrons. The Hall–Kier alpha value is -3.20. The maximum absolute atomic E-state index is 13.0. The van der Waals surface area contributed by atoms with Gasteiger partial charge >= 0.3 is 0 Å². The molecule has 24 heteroatoms. The number of aliphatic hydroxyl groups is 10. The minimum atomic E-state index is -6.05. The van der Waals surface area contributed by atoms with Gasteiger partial charge in [0.2, 0.25) is 0 Å². The van der Waals surface area contributed by atoms with Gasteiger partial charge in [0.15, 0.2) is 18.9 Å². The van der Waals surface area contributed by atoms with Gasteiger partial charge in [-0.3, -0.25) is 13.7 Å². The maximum atomic E-state index is 13.0. The van der Waals surface area contributed by atoms with Gasteiger partial charge in [-0.1, -0.05) is 128 Å². The summed E-state index contributed by atoms with van der Waals surface area (Å²) in [7, 11) is -11.7. The molecule has 22 nitrogen and oxygen atoms in total. The predicted molar refractivity (Wildman–Crippen MR) is 372 cm³/mol. The first kappa shape index (κ1) is 88.0. The molecule has 3 heterocycles. The Kier molecular flexibility index (Phi) is 42.1. The molecule has 0 radical (unpaired) electrons. The van der Waals surface area contributed by atoms with E-state index in [4.69, 9.17) is 32.7 Å². The summed E-state index contributed by atoms with van der Waals surface area (Å²) in [6.45, 7) is 22.5. The van der Waals surface area contributed by atoms with Crippen LogP contribution in [-0.4, -0.2) is 170 Å². The summed E-state index contributed by atoms with van der Waals surface area (Å²) in [5.41, 5.74) is 14.9. The molecule has 2 unspecified atom stereocenters. The molecule has 3 fully saturated rings.